The number of carbonyl (C=O) groups excluding carboxylic acids is 3. The monoisotopic (exact) mass is 863 g/mol. The lowest BCUT2D eigenvalue weighted by atomic mass is 9.99. The highest BCUT2D eigenvalue weighted by Gasteiger charge is 2.19. The molecule has 0 fully saturated rings. The average molecular weight is 863 g/mol. The van der Waals surface area contributed by atoms with Crippen molar-refractivity contribution in [2.75, 3.05) is 13.2 Å². The van der Waals surface area contributed by atoms with Gasteiger partial charge in [-0.15, -0.1) is 0 Å². The summed E-state index contributed by atoms with van der Waals surface area (Å²) >= 11 is 0. The van der Waals surface area contributed by atoms with Crippen LogP contribution in [0.1, 0.15) is 298 Å². The molecule has 0 aromatic heterocycles. The molecule has 0 spiro atoms. The number of rotatable bonds is 48. The van der Waals surface area contributed by atoms with Crippen molar-refractivity contribution in [3.8, 4) is 0 Å². The first kappa shape index (κ1) is 59.4. The molecule has 0 bridgehead atoms. The minimum Gasteiger partial charge on any atom is -0.462 e. The quantitative estimate of drug-likeness (QED) is 0.0344. The van der Waals surface area contributed by atoms with Crippen LogP contribution in [0.2, 0.25) is 0 Å². The van der Waals surface area contributed by atoms with E-state index in [1.165, 1.54) is 180 Å². The molecule has 0 amide bonds. The molecule has 0 aliphatic heterocycles. The predicted octanol–water partition coefficient (Wildman–Crippen LogP) is 17.6. The Hall–Kier alpha value is -1.59. The van der Waals surface area contributed by atoms with Crippen LogP contribution < -0.4 is 0 Å². The van der Waals surface area contributed by atoms with Gasteiger partial charge in [-0.25, -0.2) is 0 Å². The van der Waals surface area contributed by atoms with E-state index in [1.54, 1.807) is 0 Å². The van der Waals surface area contributed by atoms with Crippen molar-refractivity contribution in [2.45, 2.75) is 304 Å². The second-order valence-electron chi connectivity index (χ2n) is 20.1. The maximum Gasteiger partial charge on any atom is 0.306 e. The van der Waals surface area contributed by atoms with Gasteiger partial charge in [-0.1, -0.05) is 260 Å². The van der Waals surface area contributed by atoms with Crippen molar-refractivity contribution in [1.29, 1.82) is 0 Å². The summed E-state index contributed by atoms with van der Waals surface area (Å²) in [5, 5.41) is 0. The summed E-state index contributed by atoms with van der Waals surface area (Å²) in [6, 6.07) is 0. The summed E-state index contributed by atoms with van der Waals surface area (Å²) in [6.07, 6.45) is 46.6. The van der Waals surface area contributed by atoms with E-state index in [1.807, 2.05) is 0 Å². The molecule has 0 aliphatic rings. The van der Waals surface area contributed by atoms with Crippen molar-refractivity contribution in [3.05, 3.63) is 0 Å². The fourth-order valence-electron chi connectivity index (χ4n) is 8.26. The average Bonchev–Trinajstić information content (AvgIpc) is 3.23. The molecule has 6 nitrogen and oxygen atoms in total. The summed E-state index contributed by atoms with van der Waals surface area (Å²) in [7, 11) is 0. The topological polar surface area (TPSA) is 78.9 Å². The molecule has 0 heterocycles. The summed E-state index contributed by atoms with van der Waals surface area (Å²) in [5.74, 6) is 1.67. The molecule has 0 saturated heterocycles. The third kappa shape index (κ3) is 47.7. The number of unbranched alkanes of at least 4 members (excludes halogenated alkanes) is 30. The highest BCUT2D eigenvalue weighted by molar-refractivity contribution is 5.71. The third-order valence-corrected chi connectivity index (χ3v) is 12.8. The standard InChI is InChI=1S/C55H106O6/c1-7-51(6)43-37-31-25-19-12-10-8-9-11-13-20-26-32-38-44-53(56)59-47-52(48-60-54(57)45-39-33-27-22-16-18-24-30-36-42-50(4)5)61-55(58)46-40-34-28-21-15-14-17-23-29-35-41-49(2)3/h49-52H,7-48H2,1-6H3/t51?,52-/m1/s1. The van der Waals surface area contributed by atoms with Gasteiger partial charge in [0.15, 0.2) is 6.10 Å². The Morgan fingerprint density at radius 1 is 0.328 bits per heavy atom. The molecule has 0 N–H and O–H groups in total. The normalized spacial score (nSPS) is 12.6. The lowest BCUT2D eigenvalue weighted by Gasteiger charge is -2.18. The van der Waals surface area contributed by atoms with Crippen molar-refractivity contribution >= 4 is 17.9 Å². The number of carbonyl (C=O) groups is 3. The smallest absolute Gasteiger partial charge is 0.306 e. The molecular weight excluding hydrogens is 757 g/mol. The first-order valence-corrected chi connectivity index (χ1v) is 27.1. The van der Waals surface area contributed by atoms with Gasteiger partial charge in [0.05, 0.1) is 0 Å². The molecule has 0 aromatic carbocycles. The van der Waals surface area contributed by atoms with Crippen LogP contribution in [0.5, 0.6) is 0 Å². The Balaban J connectivity index is 4.29. The summed E-state index contributed by atoms with van der Waals surface area (Å²) in [4.78, 5) is 38.0. The van der Waals surface area contributed by atoms with Crippen molar-refractivity contribution in [3.63, 3.8) is 0 Å². The van der Waals surface area contributed by atoms with E-state index in [0.29, 0.717) is 19.3 Å². The fraction of sp³-hybridized carbons (Fsp3) is 0.945. The minimum absolute atomic E-state index is 0.0645. The Morgan fingerprint density at radius 2 is 0.574 bits per heavy atom. The van der Waals surface area contributed by atoms with E-state index < -0.39 is 6.10 Å². The van der Waals surface area contributed by atoms with E-state index in [4.69, 9.17) is 14.2 Å². The highest BCUT2D eigenvalue weighted by Crippen LogP contribution is 2.18. The van der Waals surface area contributed by atoms with E-state index in [9.17, 15) is 14.4 Å². The van der Waals surface area contributed by atoms with Crippen LogP contribution in [-0.2, 0) is 28.6 Å². The number of ether oxygens (including phenoxy) is 3. The van der Waals surface area contributed by atoms with Crippen LogP contribution in [0.25, 0.3) is 0 Å². The van der Waals surface area contributed by atoms with Gasteiger partial charge in [-0.3, -0.25) is 14.4 Å². The summed E-state index contributed by atoms with van der Waals surface area (Å²) in [5.41, 5.74) is 0. The first-order chi connectivity index (χ1) is 29.6. The minimum atomic E-state index is -0.763. The number of hydrogen-bond donors (Lipinski definition) is 0. The Morgan fingerprint density at radius 3 is 0.852 bits per heavy atom. The zero-order chi connectivity index (χ0) is 44.9. The van der Waals surface area contributed by atoms with Crippen LogP contribution in [-0.4, -0.2) is 37.2 Å². The zero-order valence-corrected chi connectivity index (χ0v) is 42.0. The molecule has 2 atom stereocenters. The van der Waals surface area contributed by atoms with Crippen molar-refractivity contribution < 1.29 is 28.6 Å². The maximum absolute atomic E-state index is 12.8. The van der Waals surface area contributed by atoms with Crippen LogP contribution >= 0.6 is 0 Å². The van der Waals surface area contributed by atoms with Gasteiger partial charge < -0.3 is 14.2 Å². The van der Waals surface area contributed by atoms with Crippen LogP contribution in [0.4, 0.5) is 0 Å². The van der Waals surface area contributed by atoms with Gasteiger partial charge in [0.25, 0.3) is 0 Å². The molecule has 0 radical (unpaired) electrons. The highest BCUT2D eigenvalue weighted by atomic mass is 16.6. The van der Waals surface area contributed by atoms with Crippen molar-refractivity contribution in [2.24, 2.45) is 17.8 Å². The van der Waals surface area contributed by atoms with Gasteiger partial charge in [0.2, 0.25) is 0 Å². The second-order valence-corrected chi connectivity index (χ2v) is 20.1. The lowest BCUT2D eigenvalue weighted by molar-refractivity contribution is -0.167. The van der Waals surface area contributed by atoms with E-state index >= 15 is 0 Å². The predicted molar refractivity (Wildman–Crippen MR) is 261 cm³/mol. The van der Waals surface area contributed by atoms with Crippen molar-refractivity contribution in [1.82, 2.24) is 0 Å². The molecule has 6 heteroatoms. The molecule has 1 unspecified atom stereocenters. The molecule has 0 saturated carbocycles. The molecule has 61 heavy (non-hydrogen) atoms. The summed E-state index contributed by atoms with van der Waals surface area (Å²) in [6.45, 7) is 13.7. The third-order valence-electron chi connectivity index (χ3n) is 12.8. The Bertz CT molecular complexity index is 947. The van der Waals surface area contributed by atoms with E-state index in [0.717, 1.165) is 75.5 Å². The zero-order valence-electron chi connectivity index (χ0n) is 42.0. The summed E-state index contributed by atoms with van der Waals surface area (Å²) < 4.78 is 16.8. The van der Waals surface area contributed by atoms with Crippen LogP contribution in [0.3, 0.4) is 0 Å². The second kappa shape index (κ2) is 46.4. The SMILES string of the molecule is CCC(C)CCCCCCCCCCCCCCCCC(=O)OC[C@H](COC(=O)CCCCCCCCCCCC(C)C)OC(=O)CCCCCCCCCCCCC(C)C. The van der Waals surface area contributed by atoms with Crippen LogP contribution in [0, 0.1) is 17.8 Å². The largest absolute Gasteiger partial charge is 0.462 e. The van der Waals surface area contributed by atoms with Crippen LogP contribution in [0.15, 0.2) is 0 Å². The molecule has 362 valence electrons. The van der Waals surface area contributed by atoms with Gasteiger partial charge in [-0.2, -0.15) is 0 Å². The molecule has 0 rings (SSSR count). The van der Waals surface area contributed by atoms with E-state index in [2.05, 4.69) is 41.5 Å². The van der Waals surface area contributed by atoms with Gasteiger partial charge in [-0.05, 0) is 37.0 Å². The fourth-order valence-corrected chi connectivity index (χ4v) is 8.26. The molecule has 0 aliphatic carbocycles. The molecule has 0 aromatic rings. The Labute approximate surface area is 380 Å². The lowest BCUT2D eigenvalue weighted by Crippen LogP contribution is -2.30. The van der Waals surface area contributed by atoms with Gasteiger partial charge in [0, 0.05) is 19.3 Å². The molecular formula is C55H106O6. The Kier molecular flexibility index (Phi) is 45.2. The number of hydrogen-bond acceptors (Lipinski definition) is 6. The van der Waals surface area contributed by atoms with E-state index in [-0.39, 0.29) is 31.1 Å². The van der Waals surface area contributed by atoms with Gasteiger partial charge >= 0.3 is 17.9 Å². The van der Waals surface area contributed by atoms with Gasteiger partial charge in [0.1, 0.15) is 13.2 Å². The maximum atomic E-state index is 12.8. The number of esters is 3. The first-order valence-electron chi connectivity index (χ1n) is 27.1.